The number of ketones is 1. The van der Waals surface area contributed by atoms with E-state index in [9.17, 15) is 28.8 Å². The summed E-state index contributed by atoms with van der Waals surface area (Å²) in [4.78, 5) is 82.9. The number of Topliss-reactive ketones (excluding diaryl/α,β-unsaturated/α-hetero) is 1. The molecule has 0 aromatic carbocycles. The highest BCUT2D eigenvalue weighted by atomic mass is 16.5. The molecule has 1 fully saturated rings. The van der Waals surface area contributed by atoms with Crippen molar-refractivity contribution in [3.8, 4) is 0 Å². The largest absolute Gasteiger partial charge is 0.461 e. The van der Waals surface area contributed by atoms with E-state index in [1.807, 2.05) is 13.8 Å². The van der Waals surface area contributed by atoms with E-state index in [0.717, 1.165) is 0 Å². The first kappa shape index (κ1) is 33.0. The molecule has 1 aliphatic rings. The third kappa shape index (κ3) is 11.8. The highest BCUT2D eigenvalue weighted by Gasteiger charge is 2.34. The molecule has 1 aromatic heterocycles. The molecule has 41 heavy (non-hydrogen) atoms. The van der Waals surface area contributed by atoms with Crippen LogP contribution in [0.2, 0.25) is 0 Å². The molecular formula is C27H38N6O8. The number of carbonyl (C=O) groups is 6. The van der Waals surface area contributed by atoms with Gasteiger partial charge in [0.05, 0.1) is 12.2 Å². The van der Waals surface area contributed by atoms with E-state index in [4.69, 9.17) is 9.47 Å². The normalized spacial score (nSPS) is 15.4. The first-order valence-corrected chi connectivity index (χ1v) is 13.5. The van der Waals surface area contributed by atoms with Gasteiger partial charge in [0, 0.05) is 44.7 Å². The van der Waals surface area contributed by atoms with Crippen molar-refractivity contribution < 1.29 is 38.2 Å². The zero-order chi connectivity index (χ0) is 30.2. The second-order valence-electron chi connectivity index (χ2n) is 9.73. The summed E-state index contributed by atoms with van der Waals surface area (Å²) in [6.07, 6.45) is 6.14. The van der Waals surface area contributed by atoms with E-state index < -0.39 is 48.2 Å². The predicted molar refractivity (Wildman–Crippen MR) is 145 cm³/mol. The third-order valence-corrected chi connectivity index (χ3v) is 5.90. The van der Waals surface area contributed by atoms with Crippen LogP contribution in [0.4, 0.5) is 0 Å². The van der Waals surface area contributed by atoms with Crippen molar-refractivity contribution in [2.45, 2.75) is 64.5 Å². The van der Waals surface area contributed by atoms with Gasteiger partial charge in [-0.3, -0.25) is 34.0 Å². The number of nitrogens with zero attached hydrogens (tertiary/aromatic N) is 3. The standard InChI is InChI=1S/C27H38N6O8/c1-4-14-40-25(37)8-7-19(22(34)17-41-27(39)20-16-28-12-13-29-20)32-26(38)21-6-5-10-31-33(21)24(36)9-11-30-23(35)15-18(2)3/h4,12-13,16,18-19,21,31H,1,5-11,14-15,17H2,2-3H3,(H,30,35)(H,32,38)/t19-,21+/m1/s1. The maximum atomic E-state index is 13.3. The Hall–Kier alpha value is -4.20. The Morgan fingerprint density at radius 1 is 1.17 bits per heavy atom. The molecule has 0 saturated carbocycles. The lowest BCUT2D eigenvalue weighted by atomic mass is 10.0. The van der Waals surface area contributed by atoms with Gasteiger partial charge in [-0.05, 0) is 25.2 Å². The van der Waals surface area contributed by atoms with Gasteiger partial charge in [-0.1, -0.05) is 26.5 Å². The summed E-state index contributed by atoms with van der Waals surface area (Å²) < 4.78 is 9.98. The molecule has 0 radical (unpaired) electrons. The van der Waals surface area contributed by atoms with Crippen LogP contribution in [0.15, 0.2) is 31.2 Å². The van der Waals surface area contributed by atoms with Crippen molar-refractivity contribution in [1.29, 1.82) is 0 Å². The van der Waals surface area contributed by atoms with Crippen LogP contribution < -0.4 is 16.1 Å². The molecule has 0 bridgehead atoms. The number of aromatic nitrogens is 2. The van der Waals surface area contributed by atoms with Gasteiger partial charge in [0.15, 0.2) is 18.1 Å². The summed E-state index contributed by atoms with van der Waals surface area (Å²) in [7, 11) is 0. The van der Waals surface area contributed by atoms with E-state index in [0.29, 0.717) is 25.8 Å². The smallest absolute Gasteiger partial charge is 0.358 e. The lowest BCUT2D eigenvalue weighted by Crippen LogP contribution is -2.60. The Labute approximate surface area is 238 Å². The Bertz CT molecular complexity index is 1080. The number of ether oxygens (including phenoxy) is 2. The zero-order valence-electron chi connectivity index (χ0n) is 23.4. The molecule has 2 atom stereocenters. The van der Waals surface area contributed by atoms with Crippen molar-refractivity contribution in [1.82, 2.24) is 31.0 Å². The average Bonchev–Trinajstić information content (AvgIpc) is 2.96. The van der Waals surface area contributed by atoms with Gasteiger partial charge in [0.1, 0.15) is 12.6 Å². The summed E-state index contributed by atoms with van der Waals surface area (Å²) in [6, 6.07) is -2.14. The number of rotatable bonds is 16. The van der Waals surface area contributed by atoms with E-state index in [1.165, 1.54) is 29.7 Å². The molecule has 2 rings (SSSR count). The van der Waals surface area contributed by atoms with Crippen LogP contribution in [-0.2, 0) is 33.4 Å². The van der Waals surface area contributed by atoms with Crippen molar-refractivity contribution in [3.63, 3.8) is 0 Å². The number of esters is 2. The molecule has 3 N–H and O–H groups in total. The van der Waals surface area contributed by atoms with E-state index in [2.05, 4.69) is 32.6 Å². The number of hydrazine groups is 1. The number of carbonyl (C=O) groups excluding carboxylic acids is 6. The maximum absolute atomic E-state index is 13.3. The van der Waals surface area contributed by atoms with Gasteiger partial charge in [-0.25, -0.2) is 15.2 Å². The first-order valence-electron chi connectivity index (χ1n) is 13.5. The van der Waals surface area contributed by atoms with Crippen LogP contribution in [0.25, 0.3) is 0 Å². The highest BCUT2D eigenvalue weighted by molar-refractivity contribution is 5.95. The fourth-order valence-electron chi connectivity index (χ4n) is 3.90. The van der Waals surface area contributed by atoms with Crippen LogP contribution in [-0.4, -0.2) is 88.8 Å². The van der Waals surface area contributed by atoms with Gasteiger partial charge in [-0.15, -0.1) is 0 Å². The molecule has 14 nitrogen and oxygen atoms in total. The minimum Gasteiger partial charge on any atom is -0.461 e. The number of nitrogens with one attached hydrogen (secondary N) is 3. The van der Waals surface area contributed by atoms with Crippen LogP contribution in [0, 0.1) is 5.92 Å². The summed E-state index contributed by atoms with van der Waals surface area (Å²) in [5.74, 6) is -3.16. The van der Waals surface area contributed by atoms with Gasteiger partial charge in [0.25, 0.3) is 0 Å². The lowest BCUT2D eigenvalue weighted by molar-refractivity contribution is -0.147. The van der Waals surface area contributed by atoms with E-state index in [1.54, 1.807) is 0 Å². The topological polar surface area (TPSA) is 186 Å². The fraction of sp³-hybridized carbons (Fsp3) is 0.556. The quantitative estimate of drug-likeness (QED) is 0.181. The summed E-state index contributed by atoms with van der Waals surface area (Å²) in [6.45, 7) is 7.17. The van der Waals surface area contributed by atoms with Crippen molar-refractivity contribution >= 4 is 35.4 Å². The molecule has 0 unspecified atom stereocenters. The minimum atomic E-state index is -1.21. The van der Waals surface area contributed by atoms with Gasteiger partial charge >= 0.3 is 11.9 Å². The van der Waals surface area contributed by atoms with Crippen LogP contribution >= 0.6 is 0 Å². The number of hydrogen-bond donors (Lipinski definition) is 3. The van der Waals surface area contributed by atoms with Crippen molar-refractivity contribution in [2.75, 3.05) is 26.3 Å². The monoisotopic (exact) mass is 574 g/mol. The van der Waals surface area contributed by atoms with Gasteiger partial charge in [-0.2, -0.15) is 0 Å². The Morgan fingerprint density at radius 2 is 1.95 bits per heavy atom. The van der Waals surface area contributed by atoms with Crippen molar-refractivity contribution in [3.05, 3.63) is 36.9 Å². The molecular weight excluding hydrogens is 536 g/mol. The highest BCUT2D eigenvalue weighted by Crippen LogP contribution is 2.14. The molecule has 224 valence electrons. The summed E-state index contributed by atoms with van der Waals surface area (Å²) in [5.41, 5.74) is 2.81. The second-order valence-corrected chi connectivity index (χ2v) is 9.73. The van der Waals surface area contributed by atoms with E-state index >= 15 is 0 Å². The Morgan fingerprint density at radius 3 is 2.63 bits per heavy atom. The van der Waals surface area contributed by atoms with Crippen LogP contribution in [0.1, 0.15) is 62.9 Å². The fourth-order valence-corrected chi connectivity index (χ4v) is 3.90. The number of amides is 3. The Kier molecular flexibility index (Phi) is 14.1. The predicted octanol–water partition coefficient (Wildman–Crippen LogP) is 0.245. The Balaban J connectivity index is 2.04. The molecule has 0 aliphatic carbocycles. The minimum absolute atomic E-state index is 0.0116. The maximum Gasteiger partial charge on any atom is 0.358 e. The molecule has 0 spiro atoms. The average molecular weight is 575 g/mol. The van der Waals surface area contributed by atoms with Crippen LogP contribution in [0.3, 0.4) is 0 Å². The molecule has 14 heteroatoms. The summed E-state index contributed by atoms with van der Waals surface area (Å²) in [5, 5.41) is 6.51. The second kappa shape index (κ2) is 17.5. The first-order chi connectivity index (χ1) is 19.6. The molecule has 1 aromatic rings. The zero-order valence-corrected chi connectivity index (χ0v) is 23.4. The third-order valence-electron chi connectivity index (χ3n) is 5.90. The van der Waals surface area contributed by atoms with E-state index in [-0.39, 0.29) is 49.9 Å². The lowest BCUT2D eigenvalue weighted by Gasteiger charge is -2.36. The van der Waals surface area contributed by atoms with Gasteiger partial charge < -0.3 is 20.1 Å². The van der Waals surface area contributed by atoms with Gasteiger partial charge in [0.2, 0.25) is 17.7 Å². The molecule has 1 saturated heterocycles. The summed E-state index contributed by atoms with van der Waals surface area (Å²) >= 11 is 0. The van der Waals surface area contributed by atoms with Crippen LogP contribution in [0.5, 0.6) is 0 Å². The number of hydrogen-bond acceptors (Lipinski definition) is 11. The molecule has 3 amide bonds. The molecule has 1 aliphatic heterocycles. The SMILES string of the molecule is C=CCOC(=O)CC[C@@H](NC(=O)[C@@H]1CCCNN1C(=O)CCNC(=O)CC(C)C)C(=O)COC(=O)c1cnccn1. The molecule has 2 heterocycles. The van der Waals surface area contributed by atoms with Crippen molar-refractivity contribution in [2.24, 2.45) is 5.92 Å².